The molecular weight excluding hydrogens is 919 g/mol. The maximum atomic E-state index is 14.1. The van der Waals surface area contributed by atoms with Crippen molar-refractivity contribution in [3.05, 3.63) is 29.8 Å². The van der Waals surface area contributed by atoms with Crippen LogP contribution in [0, 0.1) is 17.8 Å². The molecule has 0 spiro atoms. The van der Waals surface area contributed by atoms with E-state index in [9.17, 15) is 68.1 Å². The molecule has 0 aliphatic carbocycles. The Morgan fingerprint density at radius 1 is 0.600 bits per heavy atom. The Bertz CT molecular complexity index is 2010. The molecule has 13 N–H and O–H groups in total. The molecule has 0 unspecified atom stereocenters. The second-order valence-corrected chi connectivity index (χ2v) is 18.6. The van der Waals surface area contributed by atoms with Crippen molar-refractivity contribution in [2.75, 3.05) is 19.6 Å². The largest absolute Gasteiger partial charge is 0.508 e. The molecule has 24 nitrogen and oxygen atoms in total. The number of carboxylic acid groups (broad SMARTS) is 3. The zero-order valence-electron chi connectivity index (χ0n) is 40.6. The van der Waals surface area contributed by atoms with Gasteiger partial charge in [-0.1, -0.05) is 53.7 Å². The summed E-state index contributed by atoms with van der Waals surface area (Å²) in [5.41, 5.74) is 6.44. The molecule has 24 heteroatoms. The highest BCUT2D eigenvalue weighted by Gasteiger charge is 2.39. The number of rotatable bonds is 30. The fourth-order valence-electron chi connectivity index (χ4n) is 7.48. The zero-order chi connectivity index (χ0) is 52.8. The topological polar surface area (TPSA) is 382 Å². The first-order valence-electron chi connectivity index (χ1n) is 23.3. The lowest BCUT2D eigenvalue weighted by Crippen LogP contribution is -2.58. The Kier molecular flexibility index (Phi) is 24.8. The number of nitrogens with one attached hydrogen (secondary N) is 7. The van der Waals surface area contributed by atoms with Gasteiger partial charge in [-0.05, 0) is 80.4 Å². The van der Waals surface area contributed by atoms with Crippen LogP contribution in [0.2, 0.25) is 0 Å². The maximum absolute atomic E-state index is 14.1. The summed E-state index contributed by atoms with van der Waals surface area (Å²) in [5.74, 6) is -10.5. The Labute approximate surface area is 406 Å². The summed E-state index contributed by atoms with van der Waals surface area (Å²) in [4.78, 5) is 142. The third-order valence-electron chi connectivity index (χ3n) is 11.0. The second-order valence-electron chi connectivity index (χ2n) is 18.6. The first-order valence-corrected chi connectivity index (χ1v) is 23.3. The van der Waals surface area contributed by atoms with E-state index in [0.717, 1.165) is 0 Å². The van der Waals surface area contributed by atoms with Gasteiger partial charge in [0, 0.05) is 25.8 Å². The summed E-state index contributed by atoms with van der Waals surface area (Å²) >= 11 is 0. The predicted molar refractivity (Wildman–Crippen MR) is 250 cm³/mol. The van der Waals surface area contributed by atoms with Gasteiger partial charge in [0.25, 0.3) is 0 Å². The fourth-order valence-corrected chi connectivity index (χ4v) is 7.48. The molecule has 0 aromatic heterocycles. The number of aromatic hydroxyl groups is 1. The standard InChI is InChI=1S/C46H71N9O15/c1-24(2)18-31(42(65)54-34(46(69)70)20-26(5)6)52-41(64)30(14-16-39(61)62)50-37(58)23-48-36(57)22-49-44(67)35-8-7-17-55(35)45(68)33(19-25(3)4)53-43(66)32(21-27-9-11-28(56)12-10-27)51-40(63)29(47)13-15-38(59)60/h9-12,24-26,29-35,56H,7-8,13-23,47H2,1-6H3,(H,48,57)(H,49,67)(H,50,58)(H,51,63)(H,52,64)(H,53,66)(H,54,65)(H,59,60)(H,61,62)(H,69,70)/t29-,30-,31-,32-,33-,34-,35-/m0/s1. The minimum Gasteiger partial charge on any atom is -0.508 e. The number of carbonyl (C=O) groups excluding carboxylic acids is 8. The van der Waals surface area contributed by atoms with Crippen molar-refractivity contribution in [2.24, 2.45) is 23.5 Å². The third kappa shape index (κ3) is 21.6. The summed E-state index contributed by atoms with van der Waals surface area (Å²) in [5, 5.41) is 55.0. The van der Waals surface area contributed by atoms with E-state index in [2.05, 4.69) is 37.2 Å². The lowest BCUT2D eigenvalue weighted by Gasteiger charge is -2.30. The molecule has 2 rings (SSSR count). The summed E-state index contributed by atoms with van der Waals surface area (Å²) in [7, 11) is 0. The van der Waals surface area contributed by atoms with E-state index in [4.69, 9.17) is 10.8 Å². The Morgan fingerprint density at radius 2 is 1.09 bits per heavy atom. The lowest BCUT2D eigenvalue weighted by molar-refractivity contribution is -0.143. The summed E-state index contributed by atoms with van der Waals surface area (Å²) in [6.45, 7) is 9.44. The molecule has 1 aliphatic rings. The molecule has 1 heterocycles. The SMILES string of the molecule is CC(C)C[C@H](NC(=O)[C@H](CC(C)C)NC(=O)[C@H](CCC(=O)O)NC(=O)CNC(=O)CNC(=O)[C@@H]1CCCN1C(=O)[C@H](CC(C)C)NC(=O)[C@H](Cc1ccc(O)cc1)NC(=O)[C@@H](N)CCC(=O)O)C(=O)O. The Morgan fingerprint density at radius 3 is 1.66 bits per heavy atom. The number of phenols is 1. The van der Waals surface area contributed by atoms with Crippen molar-refractivity contribution in [2.45, 2.75) is 148 Å². The van der Waals surface area contributed by atoms with Gasteiger partial charge < -0.3 is 68.3 Å². The molecule has 1 aromatic rings. The number of benzene rings is 1. The van der Waals surface area contributed by atoms with Crippen LogP contribution in [0.15, 0.2) is 24.3 Å². The number of likely N-dealkylation sites (tertiary alicyclic amines) is 1. The number of phenolic OH excluding ortho intramolecular Hbond substituents is 1. The normalized spacial score (nSPS) is 15.9. The zero-order valence-corrected chi connectivity index (χ0v) is 40.6. The number of carbonyl (C=O) groups is 11. The first-order chi connectivity index (χ1) is 32.8. The van der Waals surface area contributed by atoms with Crippen molar-refractivity contribution in [1.29, 1.82) is 0 Å². The van der Waals surface area contributed by atoms with Crippen molar-refractivity contribution < 1.29 is 73.2 Å². The van der Waals surface area contributed by atoms with Gasteiger partial charge in [0.05, 0.1) is 19.1 Å². The Hall–Kier alpha value is -6.85. The van der Waals surface area contributed by atoms with Crippen LogP contribution >= 0.6 is 0 Å². The first kappa shape index (κ1) is 59.3. The second kappa shape index (κ2) is 29.2. The van der Waals surface area contributed by atoms with E-state index >= 15 is 0 Å². The molecule has 7 atom stereocenters. The molecule has 0 saturated carbocycles. The van der Waals surface area contributed by atoms with E-state index in [1.165, 1.54) is 29.2 Å². The number of hydrogen-bond donors (Lipinski definition) is 12. The van der Waals surface area contributed by atoms with Crippen LogP contribution in [0.5, 0.6) is 5.75 Å². The molecule has 1 fully saturated rings. The average Bonchev–Trinajstić information content (AvgIpc) is 3.77. The van der Waals surface area contributed by atoms with Gasteiger partial charge in [0.15, 0.2) is 0 Å². The molecule has 0 radical (unpaired) electrons. The molecule has 0 bridgehead atoms. The van der Waals surface area contributed by atoms with Gasteiger partial charge in [-0.2, -0.15) is 0 Å². The van der Waals surface area contributed by atoms with E-state index in [1.807, 2.05) is 0 Å². The van der Waals surface area contributed by atoms with Crippen LogP contribution in [0.25, 0.3) is 0 Å². The van der Waals surface area contributed by atoms with Crippen molar-refractivity contribution >= 4 is 65.2 Å². The molecule has 8 amide bonds. The van der Waals surface area contributed by atoms with Gasteiger partial charge in [-0.25, -0.2) is 4.79 Å². The van der Waals surface area contributed by atoms with Crippen molar-refractivity contribution in [3.63, 3.8) is 0 Å². The van der Waals surface area contributed by atoms with Crippen LogP contribution in [0.4, 0.5) is 0 Å². The summed E-state index contributed by atoms with van der Waals surface area (Å²) in [6, 6.07) is -2.95. The number of carboxylic acids is 3. The fraction of sp³-hybridized carbons (Fsp3) is 0.630. The van der Waals surface area contributed by atoms with Crippen molar-refractivity contribution in [1.82, 2.24) is 42.1 Å². The highest BCUT2D eigenvalue weighted by molar-refractivity contribution is 5.97. The van der Waals surface area contributed by atoms with Gasteiger partial charge in [-0.3, -0.25) is 47.9 Å². The van der Waals surface area contributed by atoms with Gasteiger partial charge >= 0.3 is 17.9 Å². The predicted octanol–water partition coefficient (Wildman–Crippen LogP) is -1.14. The van der Waals surface area contributed by atoms with Crippen molar-refractivity contribution in [3.8, 4) is 5.75 Å². The third-order valence-corrected chi connectivity index (χ3v) is 11.0. The highest BCUT2D eigenvalue weighted by atomic mass is 16.4. The number of nitrogens with zero attached hydrogens (tertiary/aromatic N) is 1. The van der Waals surface area contributed by atoms with E-state index in [1.54, 1.807) is 41.5 Å². The summed E-state index contributed by atoms with van der Waals surface area (Å²) < 4.78 is 0. The Balaban J connectivity index is 2.12. The molecule has 1 saturated heterocycles. The van der Waals surface area contributed by atoms with Crippen LogP contribution < -0.4 is 43.0 Å². The van der Waals surface area contributed by atoms with E-state index in [0.29, 0.717) is 12.0 Å². The highest BCUT2D eigenvalue weighted by Crippen LogP contribution is 2.21. The van der Waals surface area contributed by atoms with Crippen LogP contribution in [-0.4, -0.2) is 152 Å². The number of aliphatic carboxylic acids is 3. The number of amides is 8. The van der Waals surface area contributed by atoms with Gasteiger partial charge in [0.2, 0.25) is 47.3 Å². The monoisotopic (exact) mass is 990 g/mol. The molecule has 1 aliphatic heterocycles. The number of hydrogen-bond acceptors (Lipinski definition) is 13. The van der Waals surface area contributed by atoms with Crippen LogP contribution in [0.1, 0.15) is 105 Å². The minimum atomic E-state index is -1.48. The van der Waals surface area contributed by atoms with E-state index < -0.39 is 140 Å². The maximum Gasteiger partial charge on any atom is 0.326 e. The molecule has 390 valence electrons. The van der Waals surface area contributed by atoms with E-state index in [-0.39, 0.29) is 68.6 Å². The quantitative estimate of drug-likeness (QED) is 0.0434. The summed E-state index contributed by atoms with van der Waals surface area (Å²) in [6.07, 6.45) is -0.761. The lowest BCUT2D eigenvalue weighted by atomic mass is 10.00. The molecule has 70 heavy (non-hydrogen) atoms. The van der Waals surface area contributed by atoms with Gasteiger partial charge in [0.1, 0.15) is 42.0 Å². The molecular formula is C46H71N9O15. The molecule has 1 aromatic carbocycles. The average molecular weight is 990 g/mol. The minimum absolute atomic E-state index is 0.0441. The van der Waals surface area contributed by atoms with Crippen LogP contribution in [0.3, 0.4) is 0 Å². The van der Waals surface area contributed by atoms with Gasteiger partial charge in [-0.15, -0.1) is 0 Å². The van der Waals surface area contributed by atoms with Crippen LogP contribution in [-0.2, 0) is 59.2 Å². The number of nitrogens with two attached hydrogens (primary N) is 1. The smallest absolute Gasteiger partial charge is 0.326 e.